The van der Waals surface area contributed by atoms with Gasteiger partial charge in [0.2, 0.25) is 0 Å². The minimum atomic E-state index is 0.451. The second kappa shape index (κ2) is 6.05. The standard InChI is InChI=1S/C9H17N3S/c1-3-4-5-6-8(10-2)9-7-11-12-13-9/h7-8,10H,3-6H2,1-2H3. The normalized spacial score (nSPS) is 13.1. The van der Waals surface area contributed by atoms with Crippen molar-refractivity contribution in [1.29, 1.82) is 0 Å². The molecule has 1 atom stereocenters. The lowest BCUT2D eigenvalue weighted by molar-refractivity contribution is 0.518. The number of hydrogen-bond acceptors (Lipinski definition) is 4. The molecule has 3 nitrogen and oxygen atoms in total. The van der Waals surface area contributed by atoms with Crippen LogP contribution in [0.25, 0.3) is 0 Å². The van der Waals surface area contributed by atoms with Crippen LogP contribution in [0.2, 0.25) is 0 Å². The van der Waals surface area contributed by atoms with E-state index in [2.05, 4.69) is 21.8 Å². The van der Waals surface area contributed by atoms with Crippen LogP contribution in [0, 0.1) is 0 Å². The highest BCUT2D eigenvalue weighted by molar-refractivity contribution is 7.05. The maximum Gasteiger partial charge on any atom is 0.0669 e. The fraction of sp³-hybridized carbons (Fsp3) is 0.778. The van der Waals surface area contributed by atoms with Gasteiger partial charge in [-0.1, -0.05) is 30.7 Å². The summed E-state index contributed by atoms with van der Waals surface area (Å²) in [5, 5.41) is 7.14. The van der Waals surface area contributed by atoms with E-state index in [-0.39, 0.29) is 0 Å². The molecule has 1 N–H and O–H groups in total. The molecule has 0 aliphatic carbocycles. The van der Waals surface area contributed by atoms with Crippen molar-refractivity contribution in [2.24, 2.45) is 0 Å². The Morgan fingerprint density at radius 3 is 2.92 bits per heavy atom. The summed E-state index contributed by atoms with van der Waals surface area (Å²) in [4.78, 5) is 1.25. The van der Waals surface area contributed by atoms with E-state index < -0.39 is 0 Å². The highest BCUT2D eigenvalue weighted by Gasteiger charge is 2.10. The number of unbranched alkanes of at least 4 members (excludes halogenated alkanes) is 2. The van der Waals surface area contributed by atoms with E-state index in [1.54, 1.807) is 0 Å². The van der Waals surface area contributed by atoms with Crippen molar-refractivity contribution in [3.8, 4) is 0 Å². The van der Waals surface area contributed by atoms with Crippen LogP contribution < -0.4 is 5.32 Å². The average Bonchev–Trinajstić information content (AvgIpc) is 2.65. The molecule has 13 heavy (non-hydrogen) atoms. The van der Waals surface area contributed by atoms with Crippen LogP contribution in [-0.2, 0) is 0 Å². The van der Waals surface area contributed by atoms with Gasteiger partial charge in [-0.25, -0.2) is 0 Å². The molecular weight excluding hydrogens is 182 g/mol. The topological polar surface area (TPSA) is 37.8 Å². The quantitative estimate of drug-likeness (QED) is 0.715. The van der Waals surface area contributed by atoms with Crippen molar-refractivity contribution < 1.29 is 0 Å². The molecular formula is C9H17N3S. The van der Waals surface area contributed by atoms with E-state index in [4.69, 9.17) is 0 Å². The third-order valence-electron chi connectivity index (χ3n) is 2.17. The Bertz CT molecular complexity index is 211. The van der Waals surface area contributed by atoms with Crippen molar-refractivity contribution in [3.05, 3.63) is 11.1 Å². The van der Waals surface area contributed by atoms with Gasteiger partial charge in [0.1, 0.15) is 0 Å². The van der Waals surface area contributed by atoms with Crippen molar-refractivity contribution in [1.82, 2.24) is 14.9 Å². The van der Waals surface area contributed by atoms with Gasteiger partial charge in [-0.05, 0) is 25.0 Å². The summed E-state index contributed by atoms with van der Waals surface area (Å²) in [5.41, 5.74) is 0. The predicted molar refractivity (Wildman–Crippen MR) is 55.9 cm³/mol. The molecule has 0 fully saturated rings. The lowest BCUT2D eigenvalue weighted by Crippen LogP contribution is -2.14. The molecule has 0 bridgehead atoms. The lowest BCUT2D eigenvalue weighted by atomic mass is 10.1. The second-order valence-electron chi connectivity index (χ2n) is 3.16. The Kier molecular flexibility index (Phi) is 4.93. The fourth-order valence-corrected chi connectivity index (χ4v) is 2.00. The zero-order valence-electron chi connectivity index (χ0n) is 8.29. The van der Waals surface area contributed by atoms with Gasteiger partial charge in [0.15, 0.2) is 0 Å². The van der Waals surface area contributed by atoms with E-state index >= 15 is 0 Å². The summed E-state index contributed by atoms with van der Waals surface area (Å²) in [7, 11) is 2.00. The van der Waals surface area contributed by atoms with Gasteiger partial charge in [0.05, 0.1) is 11.1 Å². The number of hydrogen-bond donors (Lipinski definition) is 1. The Balaban J connectivity index is 2.35. The highest BCUT2D eigenvalue weighted by Crippen LogP contribution is 2.20. The molecule has 1 aromatic heterocycles. The Morgan fingerprint density at radius 1 is 1.54 bits per heavy atom. The van der Waals surface area contributed by atoms with Gasteiger partial charge in [-0.3, -0.25) is 0 Å². The molecule has 0 aliphatic heterocycles. The molecule has 1 heterocycles. The molecule has 74 valence electrons. The third kappa shape index (κ3) is 3.40. The largest absolute Gasteiger partial charge is 0.312 e. The van der Waals surface area contributed by atoms with E-state index in [1.807, 2.05) is 13.2 Å². The molecule has 1 unspecified atom stereocenters. The van der Waals surface area contributed by atoms with Crippen LogP contribution in [-0.4, -0.2) is 16.6 Å². The first-order chi connectivity index (χ1) is 6.38. The van der Waals surface area contributed by atoms with E-state index in [0.29, 0.717) is 6.04 Å². The van der Waals surface area contributed by atoms with Crippen molar-refractivity contribution in [2.45, 2.75) is 38.6 Å². The van der Waals surface area contributed by atoms with Crippen LogP contribution in [0.1, 0.15) is 43.5 Å². The van der Waals surface area contributed by atoms with Crippen LogP contribution >= 0.6 is 11.5 Å². The van der Waals surface area contributed by atoms with Gasteiger partial charge in [-0.15, -0.1) is 5.10 Å². The lowest BCUT2D eigenvalue weighted by Gasteiger charge is -2.12. The summed E-state index contributed by atoms with van der Waals surface area (Å²) < 4.78 is 3.87. The Labute approximate surface area is 83.7 Å². The van der Waals surface area contributed by atoms with Crippen molar-refractivity contribution >= 4 is 11.5 Å². The Morgan fingerprint density at radius 2 is 2.38 bits per heavy atom. The van der Waals surface area contributed by atoms with E-state index in [9.17, 15) is 0 Å². The molecule has 0 saturated carbocycles. The molecule has 4 heteroatoms. The van der Waals surface area contributed by atoms with Gasteiger partial charge >= 0.3 is 0 Å². The van der Waals surface area contributed by atoms with E-state index in [0.717, 1.165) is 0 Å². The number of rotatable bonds is 6. The minimum absolute atomic E-state index is 0.451. The van der Waals surface area contributed by atoms with Crippen LogP contribution in [0.15, 0.2) is 6.20 Å². The second-order valence-corrected chi connectivity index (χ2v) is 3.97. The molecule has 0 spiro atoms. The zero-order valence-corrected chi connectivity index (χ0v) is 9.10. The van der Waals surface area contributed by atoms with Gasteiger partial charge < -0.3 is 5.32 Å². The molecule has 0 aliphatic rings. The smallest absolute Gasteiger partial charge is 0.0669 e. The maximum atomic E-state index is 3.87. The first kappa shape index (κ1) is 10.6. The summed E-state index contributed by atoms with van der Waals surface area (Å²) in [6, 6.07) is 0.451. The molecule has 1 aromatic rings. The first-order valence-electron chi connectivity index (χ1n) is 4.83. The average molecular weight is 199 g/mol. The van der Waals surface area contributed by atoms with Gasteiger partial charge in [0.25, 0.3) is 0 Å². The zero-order chi connectivity index (χ0) is 9.52. The van der Waals surface area contributed by atoms with Crippen molar-refractivity contribution in [3.63, 3.8) is 0 Å². The fourth-order valence-electron chi connectivity index (χ4n) is 1.36. The summed E-state index contributed by atoms with van der Waals surface area (Å²) in [6.45, 7) is 2.22. The third-order valence-corrected chi connectivity index (χ3v) is 2.94. The first-order valence-corrected chi connectivity index (χ1v) is 5.60. The number of nitrogens with one attached hydrogen (secondary N) is 1. The van der Waals surface area contributed by atoms with Gasteiger partial charge in [0, 0.05) is 6.04 Å². The molecule has 0 radical (unpaired) electrons. The number of aromatic nitrogens is 2. The molecule has 0 saturated heterocycles. The number of nitrogens with zero attached hydrogens (tertiary/aromatic N) is 2. The van der Waals surface area contributed by atoms with Crippen LogP contribution in [0.4, 0.5) is 0 Å². The highest BCUT2D eigenvalue weighted by atomic mass is 32.1. The molecule has 1 rings (SSSR count). The summed E-state index contributed by atoms with van der Waals surface area (Å²) >= 11 is 1.49. The monoisotopic (exact) mass is 199 g/mol. The Hall–Kier alpha value is -0.480. The maximum absolute atomic E-state index is 3.87. The summed E-state index contributed by atoms with van der Waals surface area (Å²) in [5.74, 6) is 0. The predicted octanol–water partition coefficient (Wildman–Crippen LogP) is 2.38. The van der Waals surface area contributed by atoms with Gasteiger partial charge in [-0.2, -0.15) is 0 Å². The van der Waals surface area contributed by atoms with E-state index in [1.165, 1.54) is 42.1 Å². The van der Waals surface area contributed by atoms with Crippen LogP contribution in [0.5, 0.6) is 0 Å². The molecule has 0 amide bonds. The van der Waals surface area contributed by atoms with Crippen LogP contribution in [0.3, 0.4) is 0 Å². The SMILES string of the molecule is CCCCCC(NC)c1cnns1. The summed E-state index contributed by atoms with van der Waals surface area (Å²) in [6.07, 6.45) is 6.91. The minimum Gasteiger partial charge on any atom is -0.312 e. The molecule has 0 aromatic carbocycles. The van der Waals surface area contributed by atoms with Crippen molar-refractivity contribution in [2.75, 3.05) is 7.05 Å².